The number of rotatable bonds is 4. The van der Waals surface area contributed by atoms with Gasteiger partial charge in [0.15, 0.2) is 0 Å². The smallest absolute Gasteiger partial charge is 0.115 e. The molecular formula is C12H15N3S. The van der Waals surface area contributed by atoms with E-state index >= 15 is 0 Å². The van der Waals surface area contributed by atoms with Gasteiger partial charge in [0.25, 0.3) is 0 Å². The van der Waals surface area contributed by atoms with Crippen LogP contribution >= 0.6 is 11.3 Å². The van der Waals surface area contributed by atoms with Crippen LogP contribution in [0.4, 0.5) is 5.69 Å². The van der Waals surface area contributed by atoms with Crippen molar-refractivity contribution in [1.29, 1.82) is 0 Å². The molecule has 3 nitrogen and oxygen atoms in total. The van der Waals surface area contributed by atoms with Gasteiger partial charge in [-0.1, -0.05) is 19.9 Å². The SMILES string of the molecule is CC(C)C(Nc1cncnc1)c1cccs1. The van der Waals surface area contributed by atoms with E-state index in [1.165, 1.54) is 4.88 Å². The largest absolute Gasteiger partial charge is 0.375 e. The first-order valence-electron chi connectivity index (χ1n) is 5.32. The first kappa shape index (κ1) is 11.1. The van der Waals surface area contributed by atoms with E-state index in [1.807, 2.05) is 0 Å². The summed E-state index contributed by atoms with van der Waals surface area (Å²) >= 11 is 1.78. The zero-order chi connectivity index (χ0) is 11.4. The number of nitrogens with zero attached hydrogens (tertiary/aromatic N) is 2. The van der Waals surface area contributed by atoms with Crippen LogP contribution in [0.3, 0.4) is 0 Å². The highest BCUT2D eigenvalue weighted by Crippen LogP contribution is 2.29. The monoisotopic (exact) mass is 233 g/mol. The molecule has 0 amide bonds. The Morgan fingerprint density at radius 2 is 2.00 bits per heavy atom. The molecule has 0 aliphatic heterocycles. The Hall–Kier alpha value is -1.42. The Labute approximate surface area is 99.6 Å². The predicted molar refractivity (Wildman–Crippen MR) is 67.6 cm³/mol. The van der Waals surface area contributed by atoms with E-state index in [-0.39, 0.29) is 0 Å². The highest BCUT2D eigenvalue weighted by molar-refractivity contribution is 7.10. The Bertz CT molecular complexity index is 411. The standard InChI is InChI=1S/C12H15N3S/c1-9(2)12(11-4-3-5-16-11)15-10-6-13-8-14-7-10/h3-9,12,15H,1-2H3. The molecule has 2 aromatic rings. The summed E-state index contributed by atoms with van der Waals surface area (Å²) in [5, 5.41) is 5.57. The summed E-state index contributed by atoms with van der Waals surface area (Å²) in [6.07, 6.45) is 5.15. The molecule has 2 heterocycles. The molecule has 0 bridgehead atoms. The third kappa shape index (κ3) is 2.58. The van der Waals surface area contributed by atoms with E-state index in [0.717, 1.165) is 5.69 Å². The van der Waals surface area contributed by atoms with Crippen LogP contribution in [0.15, 0.2) is 36.2 Å². The van der Waals surface area contributed by atoms with Crippen LogP contribution in [0.5, 0.6) is 0 Å². The van der Waals surface area contributed by atoms with Gasteiger partial charge in [-0.15, -0.1) is 11.3 Å². The summed E-state index contributed by atoms with van der Waals surface area (Å²) in [5.74, 6) is 0.527. The number of hydrogen-bond donors (Lipinski definition) is 1. The molecule has 0 aliphatic rings. The molecule has 0 spiro atoms. The quantitative estimate of drug-likeness (QED) is 0.880. The highest BCUT2D eigenvalue weighted by Gasteiger charge is 2.16. The first-order chi connectivity index (χ1) is 7.77. The second-order valence-electron chi connectivity index (χ2n) is 4.01. The minimum absolute atomic E-state index is 0.325. The van der Waals surface area contributed by atoms with Gasteiger partial charge in [-0.3, -0.25) is 0 Å². The highest BCUT2D eigenvalue weighted by atomic mass is 32.1. The van der Waals surface area contributed by atoms with Crippen LogP contribution in [-0.4, -0.2) is 9.97 Å². The van der Waals surface area contributed by atoms with Gasteiger partial charge in [0.1, 0.15) is 6.33 Å². The van der Waals surface area contributed by atoms with Crippen LogP contribution in [0.1, 0.15) is 24.8 Å². The van der Waals surface area contributed by atoms with Crippen LogP contribution in [0.25, 0.3) is 0 Å². The summed E-state index contributed by atoms with van der Waals surface area (Å²) in [5.41, 5.74) is 0.967. The maximum atomic E-state index is 4.01. The molecule has 4 heteroatoms. The molecule has 0 aromatic carbocycles. The molecular weight excluding hydrogens is 218 g/mol. The molecule has 2 rings (SSSR count). The lowest BCUT2D eigenvalue weighted by Gasteiger charge is -2.21. The number of nitrogens with one attached hydrogen (secondary N) is 1. The topological polar surface area (TPSA) is 37.8 Å². The van der Waals surface area contributed by atoms with Crippen molar-refractivity contribution in [3.63, 3.8) is 0 Å². The fourth-order valence-corrected chi connectivity index (χ4v) is 2.54. The summed E-state index contributed by atoms with van der Waals surface area (Å²) in [7, 11) is 0. The van der Waals surface area contributed by atoms with Crippen LogP contribution in [0, 0.1) is 5.92 Å². The average molecular weight is 233 g/mol. The normalized spacial score (nSPS) is 12.7. The fraction of sp³-hybridized carbons (Fsp3) is 0.333. The average Bonchev–Trinajstić information content (AvgIpc) is 2.80. The molecule has 0 saturated heterocycles. The van der Waals surface area contributed by atoms with E-state index in [2.05, 4.69) is 46.6 Å². The van der Waals surface area contributed by atoms with Crippen LogP contribution in [0.2, 0.25) is 0 Å². The Kier molecular flexibility index (Phi) is 3.51. The molecule has 1 unspecified atom stereocenters. The molecule has 1 atom stereocenters. The van der Waals surface area contributed by atoms with Crippen molar-refractivity contribution < 1.29 is 0 Å². The van der Waals surface area contributed by atoms with Crippen molar-refractivity contribution in [3.05, 3.63) is 41.1 Å². The van der Waals surface area contributed by atoms with Crippen molar-refractivity contribution in [1.82, 2.24) is 9.97 Å². The maximum Gasteiger partial charge on any atom is 0.115 e. The first-order valence-corrected chi connectivity index (χ1v) is 6.20. The van der Waals surface area contributed by atoms with Gasteiger partial charge in [-0.2, -0.15) is 0 Å². The van der Waals surface area contributed by atoms with Gasteiger partial charge in [0, 0.05) is 4.88 Å². The number of anilines is 1. The van der Waals surface area contributed by atoms with Crippen LogP contribution in [-0.2, 0) is 0 Å². The van der Waals surface area contributed by atoms with Crippen molar-refractivity contribution >= 4 is 17.0 Å². The van der Waals surface area contributed by atoms with Gasteiger partial charge < -0.3 is 5.32 Å². The maximum absolute atomic E-state index is 4.01. The predicted octanol–water partition coefficient (Wildman–Crippen LogP) is 3.35. The Balaban J connectivity index is 2.16. The van der Waals surface area contributed by atoms with Crippen LogP contribution < -0.4 is 5.32 Å². The zero-order valence-electron chi connectivity index (χ0n) is 9.42. The van der Waals surface area contributed by atoms with E-state index in [1.54, 1.807) is 30.1 Å². The number of aromatic nitrogens is 2. The van der Waals surface area contributed by atoms with Gasteiger partial charge in [-0.25, -0.2) is 9.97 Å². The summed E-state index contributed by atoms with van der Waals surface area (Å²) < 4.78 is 0. The van der Waals surface area contributed by atoms with Gasteiger partial charge in [0.2, 0.25) is 0 Å². The van der Waals surface area contributed by atoms with E-state index in [4.69, 9.17) is 0 Å². The lowest BCUT2D eigenvalue weighted by molar-refractivity contribution is 0.553. The molecule has 0 saturated carbocycles. The van der Waals surface area contributed by atoms with E-state index in [0.29, 0.717) is 12.0 Å². The number of hydrogen-bond acceptors (Lipinski definition) is 4. The molecule has 2 aromatic heterocycles. The molecule has 16 heavy (non-hydrogen) atoms. The fourth-order valence-electron chi connectivity index (χ4n) is 1.59. The van der Waals surface area contributed by atoms with Gasteiger partial charge >= 0.3 is 0 Å². The number of thiophene rings is 1. The zero-order valence-corrected chi connectivity index (χ0v) is 10.2. The molecule has 0 aliphatic carbocycles. The van der Waals surface area contributed by atoms with Crippen molar-refractivity contribution in [2.45, 2.75) is 19.9 Å². The van der Waals surface area contributed by atoms with Gasteiger partial charge in [-0.05, 0) is 17.4 Å². The third-order valence-corrected chi connectivity index (χ3v) is 3.35. The lowest BCUT2D eigenvalue weighted by atomic mass is 10.0. The Morgan fingerprint density at radius 3 is 2.56 bits per heavy atom. The lowest BCUT2D eigenvalue weighted by Crippen LogP contribution is -2.15. The Morgan fingerprint density at radius 1 is 1.25 bits per heavy atom. The molecule has 0 radical (unpaired) electrons. The van der Waals surface area contributed by atoms with Crippen molar-refractivity contribution in [2.24, 2.45) is 5.92 Å². The summed E-state index contributed by atoms with van der Waals surface area (Å²) in [4.78, 5) is 9.36. The second-order valence-corrected chi connectivity index (χ2v) is 4.99. The van der Waals surface area contributed by atoms with Crippen molar-refractivity contribution in [3.8, 4) is 0 Å². The minimum atomic E-state index is 0.325. The third-order valence-electron chi connectivity index (χ3n) is 2.40. The second kappa shape index (κ2) is 5.07. The van der Waals surface area contributed by atoms with Crippen molar-refractivity contribution in [2.75, 3.05) is 5.32 Å². The molecule has 0 fully saturated rings. The van der Waals surface area contributed by atoms with E-state index in [9.17, 15) is 0 Å². The summed E-state index contributed by atoms with van der Waals surface area (Å²) in [6, 6.07) is 4.57. The molecule has 84 valence electrons. The molecule has 1 N–H and O–H groups in total. The minimum Gasteiger partial charge on any atom is -0.375 e. The van der Waals surface area contributed by atoms with Gasteiger partial charge in [0.05, 0.1) is 24.1 Å². The summed E-state index contributed by atoms with van der Waals surface area (Å²) in [6.45, 7) is 4.42. The van der Waals surface area contributed by atoms with E-state index < -0.39 is 0 Å².